The Bertz CT molecular complexity index is 891. The fourth-order valence-electron chi connectivity index (χ4n) is 2.48. The molecule has 0 radical (unpaired) electrons. The van der Waals surface area contributed by atoms with Crippen LogP contribution in [0.25, 0.3) is 5.69 Å². The van der Waals surface area contributed by atoms with Crippen molar-refractivity contribution in [2.24, 2.45) is 0 Å². The number of anilines is 1. The number of hydrogen-bond acceptors (Lipinski definition) is 2. The lowest BCUT2D eigenvalue weighted by Gasteiger charge is -2.09. The molecule has 6 heteroatoms. The second kappa shape index (κ2) is 7.25. The summed E-state index contributed by atoms with van der Waals surface area (Å²) in [6, 6.07) is 14.7. The lowest BCUT2D eigenvalue weighted by atomic mass is 10.1. The molecule has 0 spiro atoms. The fraction of sp³-hybridized carbons (Fsp3) is 0.158. The molecule has 1 N–H and O–H groups in total. The molecular weight excluding hydrogens is 324 g/mol. The minimum atomic E-state index is -0.965. The molecule has 1 amide bonds. The van der Waals surface area contributed by atoms with Crippen LogP contribution >= 0.6 is 0 Å². The van der Waals surface area contributed by atoms with Crippen LogP contribution in [0.1, 0.15) is 18.2 Å². The molecule has 0 aliphatic heterocycles. The second-order valence-corrected chi connectivity index (χ2v) is 5.60. The largest absolute Gasteiger partial charge is 0.310 e. The molecule has 1 heterocycles. The van der Waals surface area contributed by atoms with Gasteiger partial charge < -0.3 is 5.32 Å². The number of carbonyl (C=O) groups is 1. The van der Waals surface area contributed by atoms with Gasteiger partial charge in [0.15, 0.2) is 11.6 Å². The quantitative estimate of drug-likeness (QED) is 0.765. The van der Waals surface area contributed by atoms with Crippen LogP contribution in [0.5, 0.6) is 0 Å². The predicted octanol–water partition coefficient (Wildman–Crippen LogP) is 3.89. The summed E-state index contributed by atoms with van der Waals surface area (Å²) in [6.07, 6.45) is 0.671. The average Bonchev–Trinajstić information content (AvgIpc) is 3.02. The van der Waals surface area contributed by atoms with E-state index in [1.54, 1.807) is 10.7 Å². The molecule has 0 bridgehead atoms. The number of rotatable bonds is 5. The van der Waals surface area contributed by atoms with Gasteiger partial charge >= 0.3 is 0 Å². The van der Waals surface area contributed by atoms with Crippen molar-refractivity contribution in [1.29, 1.82) is 0 Å². The van der Waals surface area contributed by atoms with E-state index in [0.29, 0.717) is 11.4 Å². The van der Waals surface area contributed by atoms with Gasteiger partial charge in [-0.05, 0) is 36.2 Å². The summed E-state index contributed by atoms with van der Waals surface area (Å²) in [5.41, 5.74) is 2.06. The van der Waals surface area contributed by atoms with E-state index in [9.17, 15) is 13.6 Å². The topological polar surface area (TPSA) is 46.9 Å². The Morgan fingerprint density at radius 3 is 2.52 bits per heavy atom. The van der Waals surface area contributed by atoms with Gasteiger partial charge in [-0.2, -0.15) is 5.10 Å². The first-order valence-corrected chi connectivity index (χ1v) is 7.95. The number of aromatic nitrogens is 2. The van der Waals surface area contributed by atoms with Crippen LogP contribution in [0.4, 0.5) is 14.6 Å². The number of hydrogen-bond donors (Lipinski definition) is 1. The highest BCUT2D eigenvalue weighted by Gasteiger charge is 2.13. The maximum Gasteiger partial charge on any atom is 0.229 e. The van der Waals surface area contributed by atoms with Crippen molar-refractivity contribution < 1.29 is 13.6 Å². The van der Waals surface area contributed by atoms with Crippen LogP contribution in [-0.2, 0) is 17.6 Å². The monoisotopic (exact) mass is 341 g/mol. The Morgan fingerprint density at radius 1 is 1.08 bits per heavy atom. The summed E-state index contributed by atoms with van der Waals surface area (Å²) < 4.78 is 27.9. The average molecular weight is 341 g/mol. The van der Waals surface area contributed by atoms with Crippen molar-refractivity contribution in [3.8, 4) is 5.69 Å². The van der Waals surface area contributed by atoms with E-state index >= 15 is 0 Å². The van der Waals surface area contributed by atoms with Crippen LogP contribution in [0.3, 0.4) is 0 Å². The molecule has 0 saturated heterocycles. The standard InChI is InChI=1S/C19H17F2N3O/c1-2-14-12-18(24(23-14)15-6-4-3-5-7-15)22-19(25)11-13-8-9-16(20)17(21)10-13/h3-10,12H,2,11H2,1H3,(H,22,25). The van der Waals surface area contributed by atoms with Crippen LogP contribution in [0, 0.1) is 11.6 Å². The van der Waals surface area contributed by atoms with Gasteiger partial charge in [0.05, 0.1) is 17.8 Å². The Kier molecular flexibility index (Phi) is 4.88. The number of para-hydroxylation sites is 1. The van der Waals surface area contributed by atoms with Gasteiger partial charge in [0.2, 0.25) is 5.91 Å². The fourth-order valence-corrected chi connectivity index (χ4v) is 2.48. The van der Waals surface area contributed by atoms with E-state index in [0.717, 1.165) is 29.9 Å². The van der Waals surface area contributed by atoms with Gasteiger partial charge in [0.25, 0.3) is 0 Å². The number of aryl methyl sites for hydroxylation is 1. The van der Waals surface area contributed by atoms with Crippen LogP contribution in [-0.4, -0.2) is 15.7 Å². The molecule has 128 valence electrons. The molecular formula is C19H17F2N3O. The molecule has 1 aromatic heterocycles. The van der Waals surface area contributed by atoms with Crippen molar-refractivity contribution in [3.05, 3.63) is 77.5 Å². The highest BCUT2D eigenvalue weighted by molar-refractivity contribution is 5.91. The van der Waals surface area contributed by atoms with E-state index in [1.807, 2.05) is 37.3 Å². The zero-order chi connectivity index (χ0) is 17.8. The maximum absolute atomic E-state index is 13.3. The lowest BCUT2D eigenvalue weighted by molar-refractivity contribution is -0.115. The van der Waals surface area contributed by atoms with Crippen LogP contribution in [0.2, 0.25) is 0 Å². The SMILES string of the molecule is CCc1cc(NC(=O)Cc2ccc(F)c(F)c2)n(-c2ccccc2)n1. The van der Waals surface area contributed by atoms with Gasteiger partial charge in [0, 0.05) is 6.07 Å². The molecule has 0 aliphatic carbocycles. The predicted molar refractivity (Wildman–Crippen MR) is 91.6 cm³/mol. The summed E-state index contributed by atoms with van der Waals surface area (Å²) >= 11 is 0. The Morgan fingerprint density at radius 2 is 1.84 bits per heavy atom. The minimum Gasteiger partial charge on any atom is -0.310 e. The molecule has 4 nitrogen and oxygen atoms in total. The summed E-state index contributed by atoms with van der Waals surface area (Å²) in [7, 11) is 0. The minimum absolute atomic E-state index is 0.0569. The van der Waals surface area contributed by atoms with Crippen molar-refractivity contribution in [1.82, 2.24) is 9.78 Å². The normalized spacial score (nSPS) is 10.7. The van der Waals surface area contributed by atoms with Gasteiger partial charge in [-0.25, -0.2) is 13.5 Å². The van der Waals surface area contributed by atoms with Crippen molar-refractivity contribution in [3.63, 3.8) is 0 Å². The summed E-state index contributed by atoms with van der Waals surface area (Å²) in [5.74, 6) is -1.69. The molecule has 0 atom stereocenters. The molecule has 3 aromatic rings. The molecule has 0 aliphatic rings. The van der Waals surface area contributed by atoms with E-state index in [4.69, 9.17) is 0 Å². The Labute approximate surface area is 144 Å². The molecule has 3 rings (SSSR count). The number of halogens is 2. The first-order valence-electron chi connectivity index (χ1n) is 7.95. The molecule has 0 unspecified atom stereocenters. The Hall–Kier alpha value is -3.02. The van der Waals surface area contributed by atoms with Gasteiger partial charge in [-0.3, -0.25) is 4.79 Å². The summed E-state index contributed by atoms with van der Waals surface area (Å²) in [6.45, 7) is 1.98. The van der Waals surface area contributed by atoms with Gasteiger partial charge in [0.1, 0.15) is 5.82 Å². The highest BCUT2D eigenvalue weighted by atomic mass is 19.2. The van der Waals surface area contributed by atoms with Crippen molar-refractivity contribution in [2.75, 3.05) is 5.32 Å². The molecule has 2 aromatic carbocycles. The number of amides is 1. The second-order valence-electron chi connectivity index (χ2n) is 5.60. The zero-order valence-electron chi connectivity index (χ0n) is 13.7. The first kappa shape index (κ1) is 16.8. The van der Waals surface area contributed by atoms with Crippen molar-refractivity contribution in [2.45, 2.75) is 19.8 Å². The lowest BCUT2D eigenvalue weighted by Crippen LogP contribution is -2.17. The highest BCUT2D eigenvalue weighted by Crippen LogP contribution is 2.18. The van der Waals surface area contributed by atoms with Crippen LogP contribution < -0.4 is 5.32 Å². The van der Waals surface area contributed by atoms with Crippen molar-refractivity contribution >= 4 is 11.7 Å². The zero-order valence-corrected chi connectivity index (χ0v) is 13.7. The maximum atomic E-state index is 13.3. The first-order chi connectivity index (χ1) is 12.1. The molecule has 25 heavy (non-hydrogen) atoms. The number of nitrogens with zero attached hydrogens (tertiary/aromatic N) is 2. The third-order valence-corrected chi connectivity index (χ3v) is 3.74. The van der Waals surface area contributed by atoms with E-state index in [2.05, 4.69) is 10.4 Å². The smallest absolute Gasteiger partial charge is 0.229 e. The van der Waals surface area contributed by atoms with Gasteiger partial charge in [-0.15, -0.1) is 0 Å². The number of carbonyl (C=O) groups excluding carboxylic acids is 1. The summed E-state index contributed by atoms with van der Waals surface area (Å²) in [4.78, 5) is 12.3. The molecule has 0 saturated carbocycles. The van der Waals surface area contributed by atoms with E-state index < -0.39 is 11.6 Å². The third-order valence-electron chi connectivity index (χ3n) is 3.74. The van der Waals surface area contributed by atoms with Gasteiger partial charge in [-0.1, -0.05) is 31.2 Å². The number of benzene rings is 2. The van der Waals surface area contributed by atoms with E-state index in [-0.39, 0.29) is 12.3 Å². The summed E-state index contributed by atoms with van der Waals surface area (Å²) in [5, 5.41) is 7.27. The number of nitrogens with one attached hydrogen (secondary N) is 1. The van der Waals surface area contributed by atoms with Crippen LogP contribution in [0.15, 0.2) is 54.6 Å². The third kappa shape index (κ3) is 3.91. The molecule has 0 fully saturated rings. The Balaban J connectivity index is 1.81. The van der Waals surface area contributed by atoms with E-state index in [1.165, 1.54) is 6.07 Å².